The van der Waals surface area contributed by atoms with Crippen LogP contribution in [0.2, 0.25) is 0 Å². The summed E-state index contributed by atoms with van der Waals surface area (Å²) in [5, 5.41) is 12.1. The largest absolute Gasteiger partial charge is 0.419 e. The molecule has 11 heteroatoms. The molecule has 1 atom stereocenters. The second kappa shape index (κ2) is 8.41. The molecule has 2 aromatic carbocycles. The van der Waals surface area contributed by atoms with Gasteiger partial charge in [0.05, 0.1) is 17.5 Å². The summed E-state index contributed by atoms with van der Waals surface area (Å²) in [6.45, 7) is 3.51. The molecule has 0 aliphatic rings. The minimum atomic E-state index is -3.52. The van der Waals surface area contributed by atoms with E-state index in [1.165, 1.54) is 7.05 Å². The van der Waals surface area contributed by atoms with E-state index in [1.807, 2.05) is 37.3 Å². The van der Waals surface area contributed by atoms with Crippen molar-refractivity contribution in [2.45, 2.75) is 25.8 Å². The topological polar surface area (TPSA) is 141 Å². The molecule has 0 aliphatic carbocycles. The fourth-order valence-electron chi connectivity index (χ4n) is 3.31. The van der Waals surface area contributed by atoms with E-state index in [-0.39, 0.29) is 17.7 Å². The molecule has 2 aromatic heterocycles. The first-order valence-electron chi connectivity index (χ1n) is 10.1. The summed E-state index contributed by atoms with van der Waals surface area (Å²) in [5.41, 5.74) is 8.01. The molecule has 33 heavy (non-hydrogen) atoms. The monoisotopic (exact) mass is 468 g/mol. The van der Waals surface area contributed by atoms with Crippen molar-refractivity contribution < 1.29 is 17.4 Å². The van der Waals surface area contributed by atoms with Crippen LogP contribution in [0.1, 0.15) is 24.2 Å². The van der Waals surface area contributed by atoms with Crippen molar-refractivity contribution in [1.29, 1.82) is 0 Å². The lowest BCUT2D eigenvalue weighted by Crippen LogP contribution is -2.35. The molecule has 0 saturated heterocycles. The van der Waals surface area contributed by atoms with Gasteiger partial charge in [-0.1, -0.05) is 35.5 Å². The van der Waals surface area contributed by atoms with Gasteiger partial charge in [0.2, 0.25) is 21.8 Å². The van der Waals surface area contributed by atoms with Crippen LogP contribution >= 0.6 is 0 Å². The standard InChI is InChI=1S/C22H24N6O4S/c1-14-24-19(32-27-14)16-10-17(12-18(11-16)28(3)33(4,29)30)20-25-26-21(31-20)22(2,23)13-15-8-6-5-7-9-15/h5-12H,13,23H2,1-4H3/t22-/m1/s1. The summed E-state index contributed by atoms with van der Waals surface area (Å²) in [6.07, 6.45) is 1.61. The van der Waals surface area contributed by atoms with Gasteiger partial charge in [0.25, 0.3) is 5.89 Å². The van der Waals surface area contributed by atoms with Gasteiger partial charge in [0.15, 0.2) is 5.82 Å². The normalized spacial score (nSPS) is 13.6. The number of aromatic nitrogens is 4. The first kappa shape index (κ1) is 22.6. The molecule has 0 bridgehead atoms. The minimum Gasteiger partial charge on any atom is -0.419 e. The summed E-state index contributed by atoms with van der Waals surface area (Å²) in [6, 6.07) is 14.8. The van der Waals surface area contributed by atoms with E-state index in [9.17, 15) is 8.42 Å². The summed E-state index contributed by atoms with van der Waals surface area (Å²) >= 11 is 0. The predicted molar refractivity (Wildman–Crippen MR) is 123 cm³/mol. The highest BCUT2D eigenvalue weighted by molar-refractivity contribution is 7.92. The smallest absolute Gasteiger partial charge is 0.258 e. The lowest BCUT2D eigenvalue weighted by atomic mass is 9.94. The van der Waals surface area contributed by atoms with Gasteiger partial charge in [0, 0.05) is 18.2 Å². The molecule has 4 rings (SSSR count). The molecule has 172 valence electrons. The molecule has 0 unspecified atom stereocenters. The lowest BCUT2D eigenvalue weighted by Gasteiger charge is -2.20. The van der Waals surface area contributed by atoms with Crippen molar-refractivity contribution in [2.75, 3.05) is 17.6 Å². The van der Waals surface area contributed by atoms with Crippen molar-refractivity contribution in [3.63, 3.8) is 0 Å². The third-order valence-electron chi connectivity index (χ3n) is 5.13. The van der Waals surface area contributed by atoms with Crippen LogP contribution < -0.4 is 10.0 Å². The number of sulfonamides is 1. The maximum atomic E-state index is 12.1. The average molecular weight is 469 g/mol. The third kappa shape index (κ3) is 4.94. The molecule has 0 spiro atoms. The molecule has 10 nitrogen and oxygen atoms in total. The highest BCUT2D eigenvalue weighted by atomic mass is 32.2. The van der Waals surface area contributed by atoms with Gasteiger partial charge >= 0.3 is 0 Å². The van der Waals surface area contributed by atoms with E-state index in [2.05, 4.69) is 20.3 Å². The Morgan fingerprint density at radius 1 is 1.06 bits per heavy atom. The molecule has 0 saturated carbocycles. The van der Waals surface area contributed by atoms with E-state index < -0.39 is 15.6 Å². The molecule has 2 N–H and O–H groups in total. The van der Waals surface area contributed by atoms with E-state index in [0.717, 1.165) is 16.1 Å². The number of nitrogens with zero attached hydrogens (tertiary/aromatic N) is 5. The first-order valence-corrected chi connectivity index (χ1v) is 11.9. The lowest BCUT2D eigenvalue weighted by molar-refractivity contribution is 0.355. The highest BCUT2D eigenvalue weighted by Crippen LogP contribution is 2.33. The average Bonchev–Trinajstić information content (AvgIpc) is 3.43. The van der Waals surface area contributed by atoms with Gasteiger partial charge in [-0.15, -0.1) is 10.2 Å². The van der Waals surface area contributed by atoms with E-state index in [0.29, 0.717) is 29.1 Å². The Hall–Kier alpha value is -3.57. The van der Waals surface area contributed by atoms with Crippen molar-refractivity contribution in [2.24, 2.45) is 5.73 Å². The molecule has 4 aromatic rings. The maximum absolute atomic E-state index is 12.1. The maximum Gasteiger partial charge on any atom is 0.258 e. The molecule has 0 aliphatic heterocycles. The van der Waals surface area contributed by atoms with Crippen molar-refractivity contribution in [3.05, 3.63) is 65.8 Å². The Morgan fingerprint density at radius 3 is 2.33 bits per heavy atom. The Morgan fingerprint density at radius 2 is 1.73 bits per heavy atom. The van der Waals surface area contributed by atoms with Crippen molar-refractivity contribution >= 4 is 15.7 Å². The summed E-state index contributed by atoms with van der Waals surface area (Å²) in [5.74, 6) is 1.15. The van der Waals surface area contributed by atoms with Crippen LogP contribution in [-0.4, -0.2) is 42.1 Å². The second-order valence-corrected chi connectivity index (χ2v) is 10.2. The van der Waals surface area contributed by atoms with Crippen LogP contribution in [0.15, 0.2) is 57.5 Å². The number of benzene rings is 2. The predicted octanol–water partition coefficient (Wildman–Crippen LogP) is 2.91. The van der Waals surface area contributed by atoms with Crippen molar-refractivity contribution in [1.82, 2.24) is 20.3 Å². The van der Waals surface area contributed by atoms with Crippen LogP contribution in [-0.2, 0) is 22.0 Å². The molecule has 0 amide bonds. The zero-order valence-corrected chi connectivity index (χ0v) is 19.5. The van der Waals surface area contributed by atoms with E-state index >= 15 is 0 Å². The SMILES string of the molecule is Cc1noc(-c2cc(-c3nnc([C@](C)(N)Cc4ccccc4)o3)cc(N(C)S(C)(=O)=O)c2)n1. The number of hydrogen-bond donors (Lipinski definition) is 1. The number of hydrogen-bond acceptors (Lipinski definition) is 9. The number of anilines is 1. The van der Waals surface area contributed by atoms with Gasteiger partial charge in [0.1, 0.15) is 0 Å². The number of rotatable bonds is 7. The Balaban J connectivity index is 1.75. The number of aryl methyl sites for hydroxylation is 1. The van der Waals surface area contributed by atoms with Gasteiger partial charge in [-0.3, -0.25) is 4.31 Å². The van der Waals surface area contributed by atoms with Gasteiger partial charge in [-0.25, -0.2) is 8.42 Å². The summed E-state index contributed by atoms with van der Waals surface area (Å²) in [4.78, 5) is 4.24. The third-order valence-corrected chi connectivity index (χ3v) is 6.33. The van der Waals surface area contributed by atoms with Crippen molar-refractivity contribution in [3.8, 4) is 22.9 Å². The molecule has 0 radical (unpaired) electrons. The quantitative estimate of drug-likeness (QED) is 0.433. The van der Waals surface area contributed by atoms with E-state index in [4.69, 9.17) is 14.7 Å². The zero-order chi connectivity index (χ0) is 23.8. The van der Waals surface area contributed by atoms with Crippen LogP contribution in [0.4, 0.5) is 5.69 Å². The Kier molecular flexibility index (Phi) is 5.76. The Bertz CT molecular complexity index is 1380. The minimum absolute atomic E-state index is 0.191. The molecular weight excluding hydrogens is 444 g/mol. The fraction of sp³-hybridized carbons (Fsp3) is 0.273. The van der Waals surface area contributed by atoms with Crippen LogP contribution in [0.3, 0.4) is 0 Å². The fourth-order valence-corrected chi connectivity index (χ4v) is 3.80. The first-order chi connectivity index (χ1) is 15.5. The zero-order valence-electron chi connectivity index (χ0n) is 18.7. The summed E-state index contributed by atoms with van der Waals surface area (Å²) in [7, 11) is -2.07. The summed E-state index contributed by atoms with van der Waals surface area (Å²) < 4.78 is 36.6. The Labute approximate surface area is 191 Å². The van der Waals surface area contributed by atoms with Crippen LogP contribution in [0.25, 0.3) is 22.9 Å². The van der Waals surface area contributed by atoms with Crippen LogP contribution in [0.5, 0.6) is 0 Å². The second-order valence-electron chi connectivity index (χ2n) is 8.14. The van der Waals surface area contributed by atoms with Gasteiger partial charge in [-0.2, -0.15) is 4.98 Å². The van der Waals surface area contributed by atoms with Gasteiger partial charge < -0.3 is 14.7 Å². The molecular formula is C22H24N6O4S. The van der Waals surface area contributed by atoms with Crippen LogP contribution in [0, 0.1) is 6.92 Å². The number of nitrogens with two attached hydrogens (primary N) is 1. The van der Waals surface area contributed by atoms with E-state index in [1.54, 1.807) is 25.1 Å². The molecule has 0 fully saturated rings. The molecule has 2 heterocycles. The highest BCUT2D eigenvalue weighted by Gasteiger charge is 2.29. The van der Waals surface area contributed by atoms with Gasteiger partial charge in [-0.05, 0) is 44.0 Å².